The summed E-state index contributed by atoms with van der Waals surface area (Å²) in [5.41, 5.74) is 6.56. The number of Topliss-reactive ketones (excluding diaryl/α,β-unsaturated/α-hetero) is 1. The lowest BCUT2D eigenvalue weighted by Gasteiger charge is -2.47. The molecule has 3 heteroatoms. The number of piperidine rings is 1. The normalized spacial score (nSPS) is 44.8. The minimum Gasteiger partial charge on any atom is -0.369 e. The van der Waals surface area contributed by atoms with Crippen LogP contribution in [0.1, 0.15) is 91.0 Å². The molecule has 2 saturated heterocycles. The Labute approximate surface area is 230 Å². The fourth-order valence-corrected chi connectivity index (χ4v) is 10.4. The van der Waals surface area contributed by atoms with E-state index in [2.05, 4.69) is 69.0 Å². The second-order valence-corrected chi connectivity index (χ2v) is 14.5. The highest BCUT2D eigenvalue weighted by Crippen LogP contribution is 2.63. The molecular weight excluding hydrogens is 466 g/mol. The third-order valence-electron chi connectivity index (χ3n) is 12.4. The molecule has 9 atom stereocenters. The van der Waals surface area contributed by atoms with Crippen LogP contribution in [0.25, 0.3) is 0 Å². The van der Waals surface area contributed by atoms with Gasteiger partial charge in [0.15, 0.2) is 0 Å². The van der Waals surface area contributed by atoms with Gasteiger partial charge in [-0.25, -0.2) is 0 Å². The van der Waals surface area contributed by atoms with Crippen molar-refractivity contribution in [3.8, 4) is 0 Å². The number of carbonyl (C=O) groups is 1. The highest BCUT2D eigenvalue weighted by atomic mass is 16.5. The average Bonchev–Trinajstić information content (AvgIpc) is 3.35. The quantitative estimate of drug-likeness (QED) is 0.383. The molecule has 0 unspecified atom stereocenters. The zero-order valence-corrected chi connectivity index (χ0v) is 24.0. The van der Waals surface area contributed by atoms with Crippen LogP contribution in [0, 0.1) is 35.0 Å². The molecule has 4 aliphatic carbocycles. The van der Waals surface area contributed by atoms with Crippen molar-refractivity contribution in [3.05, 3.63) is 58.7 Å². The summed E-state index contributed by atoms with van der Waals surface area (Å²) in [7, 11) is 0. The molecule has 0 bridgehead atoms. The molecule has 38 heavy (non-hydrogen) atoms. The van der Waals surface area contributed by atoms with Gasteiger partial charge in [0.2, 0.25) is 0 Å². The maximum absolute atomic E-state index is 12.3. The smallest absolute Gasteiger partial charge is 0.136 e. The van der Waals surface area contributed by atoms with Gasteiger partial charge in [-0.15, -0.1) is 0 Å². The van der Waals surface area contributed by atoms with Crippen molar-refractivity contribution < 1.29 is 9.53 Å². The fourth-order valence-electron chi connectivity index (χ4n) is 10.4. The van der Waals surface area contributed by atoms with Crippen molar-refractivity contribution >= 4 is 5.78 Å². The summed E-state index contributed by atoms with van der Waals surface area (Å²) in [6, 6.07) is 11.6. The second-order valence-electron chi connectivity index (χ2n) is 14.5. The predicted molar refractivity (Wildman–Crippen MR) is 152 cm³/mol. The van der Waals surface area contributed by atoms with E-state index in [-0.39, 0.29) is 11.0 Å². The van der Waals surface area contributed by atoms with Crippen molar-refractivity contribution in [1.29, 1.82) is 0 Å². The Balaban J connectivity index is 1.15. The molecule has 0 N–H and O–H groups in total. The van der Waals surface area contributed by atoms with Crippen LogP contribution in [-0.4, -0.2) is 35.0 Å². The molecule has 2 saturated carbocycles. The average molecular weight is 514 g/mol. The first-order chi connectivity index (χ1) is 18.3. The Hall–Kier alpha value is -1.71. The van der Waals surface area contributed by atoms with Crippen LogP contribution in [0.3, 0.4) is 0 Å². The van der Waals surface area contributed by atoms with E-state index in [9.17, 15) is 4.79 Å². The molecule has 7 rings (SSSR count). The van der Waals surface area contributed by atoms with Crippen LogP contribution in [0.2, 0.25) is 0 Å². The molecule has 1 spiro atoms. The largest absolute Gasteiger partial charge is 0.369 e. The Morgan fingerprint density at radius 3 is 2.76 bits per heavy atom. The van der Waals surface area contributed by atoms with E-state index in [0.717, 1.165) is 44.1 Å². The third-order valence-corrected chi connectivity index (χ3v) is 12.4. The highest BCUT2D eigenvalue weighted by Gasteiger charge is 2.59. The maximum Gasteiger partial charge on any atom is 0.136 e. The Kier molecular flexibility index (Phi) is 6.09. The number of hydrogen-bond acceptors (Lipinski definition) is 3. The van der Waals surface area contributed by atoms with E-state index < -0.39 is 0 Å². The molecule has 1 aromatic rings. The van der Waals surface area contributed by atoms with E-state index >= 15 is 0 Å². The number of ether oxygens (including phenoxy) is 1. The van der Waals surface area contributed by atoms with Gasteiger partial charge in [-0.3, -0.25) is 9.69 Å². The van der Waals surface area contributed by atoms with Crippen LogP contribution in [-0.2, 0) is 16.1 Å². The van der Waals surface area contributed by atoms with Gasteiger partial charge in [-0.05, 0) is 86.5 Å². The van der Waals surface area contributed by atoms with E-state index in [4.69, 9.17) is 4.74 Å². The van der Waals surface area contributed by atoms with Crippen LogP contribution < -0.4 is 0 Å². The van der Waals surface area contributed by atoms with E-state index in [0.29, 0.717) is 35.7 Å². The van der Waals surface area contributed by atoms with Gasteiger partial charge in [0.1, 0.15) is 5.78 Å². The highest BCUT2D eigenvalue weighted by molar-refractivity contribution is 5.82. The molecule has 2 aliphatic heterocycles. The van der Waals surface area contributed by atoms with Gasteiger partial charge in [0.25, 0.3) is 0 Å². The number of likely N-dealkylation sites (tertiary alicyclic amines) is 1. The first-order valence-electron chi connectivity index (χ1n) is 15.6. The number of nitrogens with zero attached hydrogens (tertiary/aromatic N) is 1. The molecule has 1 aromatic carbocycles. The molecule has 4 fully saturated rings. The van der Waals surface area contributed by atoms with Crippen molar-refractivity contribution in [2.24, 2.45) is 35.0 Å². The summed E-state index contributed by atoms with van der Waals surface area (Å²) in [6.07, 6.45) is 12.7. The van der Waals surface area contributed by atoms with E-state index in [1.54, 1.807) is 11.1 Å². The van der Waals surface area contributed by atoms with Gasteiger partial charge in [-0.2, -0.15) is 0 Å². The minimum atomic E-state index is -0.0118. The van der Waals surface area contributed by atoms with Gasteiger partial charge in [-0.1, -0.05) is 73.9 Å². The summed E-state index contributed by atoms with van der Waals surface area (Å²) in [6.45, 7) is 12.1. The topological polar surface area (TPSA) is 29.5 Å². The summed E-state index contributed by atoms with van der Waals surface area (Å²) >= 11 is 0. The molecule has 0 amide bonds. The zero-order chi connectivity index (χ0) is 26.2. The number of ketones is 1. The third kappa shape index (κ3) is 3.85. The fraction of sp³-hybridized carbons (Fsp3) is 0.686. The first-order valence-corrected chi connectivity index (χ1v) is 15.6. The number of fused-ring (bicyclic) bond motifs is 6. The summed E-state index contributed by atoms with van der Waals surface area (Å²) < 4.78 is 7.29. The number of benzene rings is 1. The Bertz CT molecular complexity index is 1170. The lowest BCUT2D eigenvalue weighted by atomic mass is 9.57. The molecule has 0 aromatic heterocycles. The molecule has 204 valence electrons. The lowest BCUT2D eigenvalue weighted by molar-refractivity contribution is -0.121. The minimum absolute atomic E-state index is 0.0118. The first kappa shape index (κ1) is 25.3. The van der Waals surface area contributed by atoms with Gasteiger partial charge in [0.05, 0.1) is 11.7 Å². The standard InChI is InChI=1S/C35H47NO2/c1-22-16-32-33(36(20-22)21-25-8-6-5-7-9-25)24(3)35(38-32)15-13-28-29-11-10-26-17-27(37)12-14-34(26,4)31(29)18-30(28)23(2)19-35/h5-10,22,24,28-29,31-33H,11-21H2,1-4H3/t22-,24+,28-,29-,31-,32+,33-,34-,35-/m0/s1. The number of hydrogen-bond donors (Lipinski definition) is 0. The molecular formula is C35H47NO2. The number of rotatable bonds is 2. The summed E-state index contributed by atoms with van der Waals surface area (Å²) in [5, 5.41) is 0. The maximum atomic E-state index is 12.3. The van der Waals surface area contributed by atoms with Gasteiger partial charge >= 0.3 is 0 Å². The van der Waals surface area contributed by atoms with Crippen LogP contribution in [0.15, 0.2) is 53.1 Å². The van der Waals surface area contributed by atoms with E-state index in [1.807, 2.05) is 0 Å². The lowest BCUT2D eigenvalue weighted by Crippen LogP contribution is -2.51. The monoisotopic (exact) mass is 513 g/mol. The molecule has 2 heterocycles. The van der Waals surface area contributed by atoms with E-state index in [1.165, 1.54) is 49.8 Å². The molecule has 3 nitrogen and oxygen atoms in total. The van der Waals surface area contributed by atoms with Crippen LogP contribution in [0.5, 0.6) is 0 Å². The molecule has 0 radical (unpaired) electrons. The predicted octanol–water partition coefficient (Wildman–Crippen LogP) is 7.51. The number of allylic oxidation sites excluding steroid dienone is 3. The summed E-state index contributed by atoms with van der Waals surface area (Å²) in [5.74, 6) is 3.88. The summed E-state index contributed by atoms with van der Waals surface area (Å²) in [4.78, 5) is 15.0. The van der Waals surface area contributed by atoms with Crippen LogP contribution in [0.4, 0.5) is 0 Å². The van der Waals surface area contributed by atoms with Crippen molar-refractivity contribution in [1.82, 2.24) is 4.90 Å². The SMILES string of the molecule is CC1=C2C[C@H]3[C@@H](CC=C4CC(=O)CC[C@@]43C)[C@@H]2CC[C@@]2(C1)O[C@@H]1C[C@H](C)CN(Cc3ccccc3)[C@H]1[C@H]2C. The second kappa shape index (κ2) is 9.16. The van der Waals surface area contributed by atoms with Crippen molar-refractivity contribution in [2.75, 3.05) is 6.54 Å². The Morgan fingerprint density at radius 2 is 1.95 bits per heavy atom. The molecule has 6 aliphatic rings. The van der Waals surface area contributed by atoms with Crippen LogP contribution >= 0.6 is 0 Å². The van der Waals surface area contributed by atoms with Gasteiger partial charge in [0, 0.05) is 37.9 Å². The Morgan fingerprint density at radius 1 is 1.13 bits per heavy atom. The number of carbonyl (C=O) groups excluding carboxylic acids is 1. The van der Waals surface area contributed by atoms with Gasteiger partial charge < -0.3 is 4.74 Å². The van der Waals surface area contributed by atoms with Crippen molar-refractivity contribution in [3.63, 3.8) is 0 Å². The zero-order valence-electron chi connectivity index (χ0n) is 24.0. The van der Waals surface area contributed by atoms with Crippen molar-refractivity contribution in [2.45, 2.75) is 110 Å².